The number of hydrogen-bond acceptors (Lipinski definition) is 3. The van der Waals surface area contributed by atoms with Crippen LogP contribution < -0.4 is 5.43 Å². The maximum Gasteiger partial charge on any atom is 0.265 e. The Balaban J connectivity index is 2.03. The van der Waals surface area contributed by atoms with Crippen molar-refractivity contribution in [2.75, 3.05) is 32.2 Å². The first-order valence-corrected chi connectivity index (χ1v) is 6.62. The lowest BCUT2D eigenvalue weighted by Gasteiger charge is -2.27. The van der Waals surface area contributed by atoms with E-state index in [1.54, 1.807) is 0 Å². The average Bonchev–Trinajstić information content (AvgIpc) is 2.41. The molecule has 0 aromatic heterocycles. The monoisotopic (exact) mass is 268 g/mol. The standard InChI is InChI=1S/C13H17ClN2O2/c14-6-5-11-3-1-2-4-12(11)13(17)15-16-7-9-18-10-8-16/h1-4H,5-10H2,(H,15,17). The van der Waals surface area contributed by atoms with E-state index in [9.17, 15) is 4.79 Å². The van der Waals surface area contributed by atoms with Gasteiger partial charge in [-0.3, -0.25) is 10.2 Å². The molecule has 0 spiro atoms. The van der Waals surface area contributed by atoms with Crippen LogP contribution in [-0.4, -0.2) is 43.1 Å². The molecule has 0 atom stereocenters. The number of amides is 1. The average molecular weight is 269 g/mol. The van der Waals surface area contributed by atoms with E-state index in [1.807, 2.05) is 29.3 Å². The Labute approximate surface area is 112 Å². The predicted octanol–water partition coefficient (Wildman–Crippen LogP) is 1.44. The van der Waals surface area contributed by atoms with Gasteiger partial charge in [-0.05, 0) is 18.1 Å². The Bertz CT molecular complexity index is 406. The van der Waals surface area contributed by atoms with E-state index in [0.29, 0.717) is 31.1 Å². The van der Waals surface area contributed by atoms with Crippen molar-refractivity contribution in [1.82, 2.24) is 10.4 Å². The lowest BCUT2D eigenvalue weighted by atomic mass is 10.1. The number of nitrogens with zero attached hydrogens (tertiary/aromatic N) is 1. The zero-order chi connectivity index (χ0) is 12.8. The van der Waals surface area contributed by atoms with E-state index < -0.39 is 0 Å². The summed E-state index contributed by atoms with van der Waals surface area (Å²) in [5, 5.41) is 1.89. The third kappa shape index (κ3) is 3.45. The number of ether oxygens (including phenoxy) is 1. The largest absolute Gasteiger partial charge is 0.379 e. The summed E-state index contributed by atoms with van der Waals surface area (Å²) in [5.74, 6) is 0.444. The predicted molar refractivity (Wildman–Crippen MR) is 70.7 cm³/mol. The third-order valence-corrected chi connectivity index (χ3v) is 3.09. The van der Waals surface area contributed by atoms with Crippen molar-refractivity contribution in [3.8, 4) is 0 Å². The lowest BCUT2D eigenvalue weighted by molar-refractivity contribution is 0.0126. The van der Waals surface area contributed by atoms with Crippen molar-refractivity contribution in [3.63, 3.8) is 0 Å². The zero-order valence-electron chi connectivity index (χ0n) is 10.2. The van der Waals surface area contributed by atoms with E-state index >= 15 is 0 Å². The number of hydrogen-bond donors (Lipinski definition) is 1. The van der Waals surface area contributed by atoms with Gasteiger partial charge < -0.3 is 4.74 Å². The van der Waals surface area contributed by atoms with Gasteiger partial charge in [0.2, 0.25) is 0 Å². The van der Waals surface area contributed by atoms with Crippen LogP contribution in [0.3, 0.4) is 0 Å². The molecule has 1 aromatic rings. The van der Waals surface area contributed by atoms with E-state index in [-0.39, 0.29) is 5.91 Å². The maximum absolute atomic E-state index is 12.2. The number of alkyl halides is 1. The van der Waals surface area contributed by atoms with Crippen molar-refractivity contribution in [1.29, 1.82) is 0 Å². The molecule has 1 aliphatic heterocycles. The quantitative estimate of drug-likeness (QED) is 0.841. The summed E-state index contributed by atoms with van der Waals surface area (Å²) in [5.41, 5.74) is 4.59. The molecular formula is C13H17ClN2O2. The van der Waals surface area contributed by atoms with Crippen LogP contribution in [0.4, 0.5) is 0 Å². The first kappa shape index (κ1) is 13.3. The number of rotatable bonds is 4. The third-order valence-electron chi connectivity index (χ3n) is 2.90. The SMILES string of the molecule is O=C(NN1CCOCC1)c1ccccc1CCCl. The summed E-state index contributed by atoms with van der Waals surface area (Å²) in [6.45, 7) is 2.76. The molecule has 2 rings (SSSR count). The zero-order valence-corrected chi connectivity index (χ0v) is 10.9. The molecule has 0 unspecified atom stereocenters. The number of halogens is 1. The minimum Gasteiger partial charge on any atom is -0.379 e. The molecule has 1 fully saturated rings. The molecule has 5 heteroatoms. The van der Waals surface area contributed by atoms with Crippen molar-refractivity contribution in [2.45, 2.75) is 6.42 Å². The van der Waals surface area contributed by atoms with Crippen LogP contribution in [0.5, 0.6) is 0 Å². The number of morpholine rings is 1. The van der Waals surface area contributed by atoms with Crippen LogP contribution in [0.1, 0.15) is 15.9 Å². The van der Waals surface area contributed by atoms with Crippen molar-refractivity contribution >= 4 is 17.5 Å². The summed E-state index contributed by atoms with van der Waals surface area (Å²) in [7, 11) is 0. The second-order valence-corrected chi connectivity index (χ2v) is 4.51. The summed E-state index contributed by atoms with van der Waals surface area (Å²) in [4.78, 5) is 12.2. The van der Waals surface area contributed by atoms with Gasteiger partial charge in [0.25, 0.3) is 5.91 Å². The van der Waals surface area contributed by atoms with Crippen molar-refractivity contribution in [2.24, 2.45) is 0 Å². The summed E-state index contributed by atoms with van der Waals surface area (Å²) in [6, 6.07) is 7.56. The van der Waals surface area contributed by atoms with Gasteiger partial charge >= 0.3 is 0 Å². The van der Waals surface area contributed by atoms with E-state index in [2.05, 4.69) is 5.43 Å². The van der Waals surface area contributed by atoms with Crippen LogP contribution in [-0.2, 0) is 11.2 Å². The highest BCUT2D eigenvalue weighted by Crippen LogP contribution is 2.10. The highest BCUT2D eigenvalue weighted by Gasteiger charge is 2.16. The topological polar surface area (TPSA) is 41.6 Å². The normalized spacial score (nSPS) is 16.5. The highest BCUT2D eigenvalue weighted by atomic mass is 35.5. The van der Waals surface area contributed by atoms with E-state index in [4.69, 9.17) is 16.3 Å². The lowest BCUT2D eigenvalue weighted by Crippen LogP contribution is -2.48. The molecule has 1 aliphatic rings. The molecule has 98 valence electrons. The molecule has 1 amide bonds. The minimum absolute atomic E-state index is 0.0717. The summed E-state index contributed by atoms with van der Waals surface area (Å²) < 4.78 is 5.24. The van der Waals surface area contributed by atoms with Gasteiger partial charge in [0, 0.05) is 24.5 Å². The van der Waals surface area contributed by atoms with Gasteiger partial charge in [-0.15, -0.1) is 11.6 Å². The smallest absolute Gasteiger partial charge is 0.265 e. The number of aryl methyl sites for hydroxylation is 1. The highest BCUT2D eigenvalue weighted by molar-refractivity contribution is 6.18. The second kappa shape index (κ2) is 6.73. The Morgan fingerprint density at radius 2 is 2.06 bits per heavy atom. The molecule has 0 aliphatic carbocycles. The molecule has 0 bridgehead atoms. The Morgan fingerprint density at radius 1 is 1.33 bits per heavy atom. The van der Waals surface area contributed by atoms with Crippen LogP contribution >= 0.6 is 11.6 Å². The Morgan fingerprint density at radius 3 is 2.78 bits per heavy atom. The second-order valence-electron chi connectivity index (χ2n) is 4.14. The fourth-order valence-corrected chi connectivity index (χ4v) is 2.14. The van der Waals surface area contributed by atoms with Gasteiger partial charge in [0.1, 0.15) is 0 Å². The van der Waals surface area contributed by atoms with Gasteiger partial charge in [-0.25, -0.2) is 5.01 Å². The number of benzene rings is 1. The molecule has 1 saturated heterocycles. The first-order chi connectivity index (χ1) is 8.81. The fraction of sp³-hybridized carbons (Fsp3) is 0.462. The number of carbonyl (C=O) groups excluding carboxylic acids is 1. The van der Waals surface area contributed by atoms with Crippen molar-refractivity contribution < 1.29 is 9.53 Å². The molecule has 1 heterocycles. The van der Waals surface area contributed by atoms with Gasteiger partial charge in [0.15, 0.2) is 0 Å². The molecule has 0 saturated carbocycles. The number of carbonyl (C=O) groups is 1. The van der Waals surface area contributed by atoms with Crippen LogP contribution in [0.2, 0.25) is 0 Å². The molecular weight excluding hydrogens is 252 g/mol. The van der Waals surface area contributed by atoms with E-state index in [0.717, 1.165) is 18.7 Å². The Kier molecular flexibility index (Phi) is 4.99. The van der Waals surface area contributed by atoms with Crippen LogP contribution in [0, 0.1) is 0 Å². The number of nitrogens with one attached hydrogen (secondary N) is 1. The van der Waals surface area contributed by atoms with Gasteiger partial charge in [-0.1, -0.05) is 18.2 Å². The van der Waals surface area contributed by atoms with Gasteiger partial charge in [-0.2, -0.15) is 0 Å². The van der Waals surface area contributed by atoms with Crippen molar-refractivity contribution in [3.05, 3.63) is 35.4 Å². The summed E-state index contributed by atoms with van der Waals surface area (Å²) in [6.07, 6.45) is 0.703. The van der Waals surface area contributed by atoms with Crippen LogP contribution in [0.25, 0.3) is 0 Å². The summed E-state index contributed by atoms with van der Waals surface area (Å²) >= 11 is 5.75. The number of hydrazine groups is 1. The Hall–Kier alpha value is -1.10. The molecule has 0 radical (unpaired) electrons. The molecule has 4 nitrogen and oxygen atoms in total. The molecule has 18 heavy (non-hydrogen) atoms. The van der Waals surface area contributed by atoms with Crippen LogP contribution in [0.15, 0.2) is 24.3 Å². The first-order valence-electron chi connectivity index (χ1n) is 6.09. The molecule has 1 N–H and O–H groups in total. The fourth-order valence-electron chi connectivity index (χ4n) is 1.94. The van der Waals surface area contributed by atoms with E-state index in [1.165, 1.54) is 0 Å². The molecule has 1 aromatic carbocycles. The maximum atomic E-state index is 12.2. The minimum atomic E-state index is -0.0717. The van der Waals surface area contributed by atoms with Gasteiger partial charge in [0.05, 0.1) is 13.2 Å².